The van der Waals surface area contributed by atoms with Gasteiger partial charge in [-0.15, -0.1) is 0 Å². The third-order valence-electron chi connectivity index (χ3n) is 4.14. The number of aliphatic hydroxyl groups is 1. The van der Waals surface area contributed by atoms with E-state index in [1.165, 1.54) is 0 Å². The number of ether oxygens (including phenoxy) is 2. The van der Waals surface area contributed by atoms with Gasteiger partial charge in [0.15, 0.2) is 11.6 Å². The monoisotopic (exact) mass is 391 g/mol. The SMILES string of the molecule is CC(C)OCc1ccc(C(=O)OC/C(O)=C(\C#N)c2nc3ccccc3[nH]2)cc1. The molecule has 0 unspecified atom stereocenters. The molecule has 0 saturated carbocycles. The van der Waals surface area contributed by atoms with Crippen molar-refractivity contribution in [2.75, 3.05) is 6.61 Å². The fourth-order valence-electron chi connectivity index (χ4n) is 2.61. The zero-order valence-corrected chi connectivity index (χ0v) is 16.2. The first-order valence-electron chi connectivity index (χ1n) is 9.13. The molecule has 1 heterocycles. The van der Waals surface area contributed by atoms with Crippen molar-refractivity contribution in [3.8, 4) is 6.07 Å². The van der Waals surface area contributed by atoms with Crippen molar-refractivity contribution >= 4 is 22.6 Å². The number of nitrogens with one attached hydrogen (secondary N) is 1. The highest BCUT2D eigenvalue weighted by molar-refractivity contribution is 5.89. The van der Waals surface area contributed by atoms with Gasteiger partial charge in [-0.3, -0.25) is 0 Å². The number of nitriles is 1. The van der Waals surface area contributed by atoms with Crippen LogP contribution in [-0.2, 0) is 16.1 Å². The molecule has 2 N–H and O–H groups in total. The Balaban J connectivity index is 1.67. The first-order valence-corrected chi connectivity index (χ1v) is 9.13. The molecule has 29 heavy (non-hydrogen) atoms. The van der Waals surface area contributed by atoms with Crippen LogP contribution in [0, 0.1) is 11.3 Å². The number of aromatic amines is 1. The molecule has 0 spiro atoms. The molecule has 0 amide bonds. The van der Waals surface area contributed by atoms with Crippen LogP contribution < -0.4 is 0 Å². The number of aromatic nitrogens is 2. The van der Waals surface area contributed by atoms with E-state index in [1.807, 2.05) is 38.1 Å². The minimum Gasteiger partial charge on any atom is -0.507 e. The maximum absolute atomic E-state index is 12.2. The Morgan fingerprint density at radius 2 is 1.93 bits per heavy atom. The third kappa shape index (κ3) is 5.00. The van der Waals surface area contributed by atoms with Crippen LogP contribution in [0.15, 0.2) is 54.3 Å². The van der Waals surface area contributed by atoms with E-state index in [0.717, 1.165) is 11.1 Å². The van der Waals surface area contributed by atoms with Crippen molar-refractivity contribution in [2.24, 2.45) is 0 Å². The van der Waals surface area contributed by atoms with Crippen LogP contribution in [0.25, 0.3) is 16.6 Å². The smallest absolute Gasteiger partial charge is 0.338 e. The van der Waals surface area contributed by atoms with Crippen LogP contribution in [-0.4, -0.2) is 33.8 Å². The van der Waals surface area contributed by atoms with Crippen molar-refractivity contribution in [1.29, 1.82) is 5.26 Å². The van der Waals surface area contributed by atoms with Gasteiger partial charge in [-0.25, -0.2) is 9.78 Å². The molecule has 7 heteroatoms. The minimum atomic E-state index is -0.602. The van der Waals surface area contributed by atoms with E-state index in [0.29, 0.717) is 17.7 Å². The predicted octanol–water partition coefficient (Wildman–Crippen LogP) is 4.14. The average molecular weight is 391 g/mol. The van der Waals surface area contributed by atoms with Crippen LogP contribution in [0.2, 0.25) is 0 Å². The number of fused-ring (bicyclic) bond motifs is 1. The summed E-state index contributed by atoms with van der Waals surface area (Å²) in [4.78, 5) is 19.5. The molecular weight excluding hydrogens is 370 g/mol. The number of benzene rings is 2. The summed E-state index contributed by atoms with van der Waals surface area (Å²) in [6, 6.07) is 16.0. The van der Waals surface area contributed by atoms with Crippen molar-refractivity contribution < 1.29 is 19.4 Å². The predicted molar refractivity (Wildman–Crippen MR) is 108 cm³/mol. The van der Waals surface area contributed by atoms with E-state index in [4.69, 9.17) is 9.47 Å². The highest BCUT2D eigenvalue weighted by atomic mass is 16.5. The molecule has 0 atom stereocenters. The molecule has 0 aliphatic rings. The molecule has 0 aliphatic heterocycles. The number of esters is 1. The number of carbonyl (C=O) groups excluding carboxylic acids is 1. The van der Waals surface area contributed by atoms with Crippen LogP contribution in [0.5, 0.6) is 0 Å². The molecule has 2 aromatic carbocycles. The Hall–Kier alpha value is -3.63. The number of hydrogen-bond donors (Lipinski definition) is 2. The number of imidazole rings is 1. The van der Waals surface area contributed by atoms with E-state index >= 15 is 0 Å². The van der Waals surface area contributed by atoms with Gasteiger partial charge in [-0.05, 0) is 43.7 Å². The van der Waals surface area contributed by atoms with Gasteiger partial charge in [0.25, 0.3) is 0 Å². The lowest BCUT2D eigenvalue weighted by Gasteiger charge is -2.08. The molecule has 148 valence electrons. The van der Waals surface area contributed by atoms with Crippen molar-refractivity contribution in [2.45, 2.75) is 26.6 Å². The van der Waals surface area contributed by atoms with Gasteiger partial charge in [0.1, 0.15) is 18.2 Å². The average Bonchev–Trinajstić information content (AvgIpc) is 3.15. The van der Waals surface area contributed by atoms with Gasteiger partial charge >= 0.3 is 5.97 Å². The second-order valence-electron chi connectivity index (χ2n) is 6.67. The first-order chi connectivity index (χ1) is 14.0. The van der Waals surface area contributed by atoms with Gasteiger partial charge in [-0.1, -0.05) is 24.3 Å². The summed E-state index contributed by atoms with van der Waals surface area (Å²) < 4.78 is 10.7. The topological polar surface area (TPSA) is 108 Å². The van der Waals surface area contributed by atoms with Crippen LogP contribution in [0.4, 0.5) is 0 Å². The zero-order chi connectivity index (χ0) is 20.8. The second kappa shape index (κ2) is 9.04. The summed E-state index contributed by atoms with van der Waals surface area (Å²) in [5.41, 5.74) is 2.61. The van der Waals surface area contributed by atoms with E-state index < -0.39 is 12.6 Å². The summed E-state index contributed by atoms with van der Waals surface area (Å²) >= 11 is 0. The van der Waals surface area contributed by atoms with Crippen LogP contribution in [0.3, 0.4) is 0 Å². The lowest BCUT2D eigenvalue weighted by atomic mass is 10.1. The lowest BCUT2D eigenvalue weighted by molar-refractivity contribution is 0.0501. The van der Waals surface area contributed by atoms with Crippen molar-refractivity contribution in [3.63, 3.8) is 0 Å². The molecule has 3 aromatic rings. The summed E-state index contributed by atoms with van der Waals surface area (Å²) in [7, 11) is 0. The molecule has 0 fully saturated rings. The van der Waals surface area contributed by atoms with Crippen molar-refractivity contribution in [1.82, 2.24) is 9.97 Å². The Morgan fingerprint density at radius 3 is 2.59 bits per heavy atom. The van der Waals surface area contributed by atoms with Gasteiger partial charge < -0.3 is 19.6 Å². The molecule has 3 rings (SSSR count). The number of rotatable bonds is 7. The number of allylic oxidation sites excluding steroid dienone is 1. The molecule has 7 nitrogen and oxygen atoms in total. The Labute approximate surface area is 168 Å². The molecular formula is C22H21N3O4. The first kappa shape index (κ1) is 20.1. The number of hydrogen-bond acceptors (Lipinski definition) is 6. The number of nitrogens with zero attached hydrogens (tertiary/aromatic N) is 2. The van der Waals surface area contributed by atoms with Crippen LogP contribution in [0.1, 0.15) is 35.6 Å². The van der Waals surface area contributed by atoms with Gasteiger partial charge in [-0.2, -0.15) is 5.26 Å². The number of para-hydroxylation sites is 2. The Morgan fingerprint density at radius 1 is 1.21 bits per heavy atom. The molecule has 1 aromatic heterocycles. The minimum absolute atomic E-state index is 0.0739. The normalized spacial score (nSPS) is 11.9. The summed E-state index contributed by atoms with van der Waals surface area (Å²) in [5, 5.41) is 19.6. The maximum atomic E-state index is 12.2. The van der Waals surface area contributed by atoms with E-state index in [2.05, 4.69) is 9.97 Å². The van der Waals surface area contributed by atoms with Gasteiger partial charge in [0, 0.05) is 0 Å². The number of H-pyrrole nitrogens is 1. The molecule has 0 saturated heterocycles. The quantitative estimate of drug-likeness (QED) is 0.356. The fraction of sp³-hybridized carbons (Fsp3) is 0.227. The fourth-order valence-corrected chi connectivity index (χ4v) is 2.61. The summed E-state index contributed by atoms with van der Waals surface area (Å²) in [6.45, 7) is 3.93. The van der Waals surface area contributed by atoms with E-state index in [-0.39, 0.29) is 23.3 Å². The van der Waals surface area contributed by atoms with Gasteiger partial charge in [0.05, 0.1) is 29.3 Å². The van der Waals surface area contributed by atoms with Gasteiger partial charge in [0.2, 0.25) is 0 Å². The largest absolute Gasteiger partial charge is 0.507 e. The number of carbonyl (C=O) groups is 1. The van der Waals surface area contributed by atoms with E-state index in [1.54, 1.807) is 30.3 Å². The summed E-state index contributed by atoms with van der Waals surface area (Å²) in [5.74, 6) is -0.756. The maximum Gasteiger partial charge on any atom is 0.338 e. The van der Waals surface area contributed by atoms with Crippen LogP contribution >= 0.6 is 0 Å². The third-order valence-corrected chi connectivity index (χ3v) is 4.14. The van der Waals surface area contributed by atoms with Crippen molar-refractivity contribution in [3.05, 3.63) is 71.2 Å². The highest BCUT2D eigenvalue weighted by Crippen LogP contribution is 2.19. The Bertz CT molecular complexity index is 1040. The zero-order valence-electron chi connectivity index (χ0n) is 16.2. The molecule has 0 aliphatic carbocycles. The number of aliphatic hydroxyl groups excluding tert-OH is 1. The standard InChI is InChI=1S/C22H21N3O4/c1-14(2)28-12-15-7-9-16(10-8-15)22(27)29-13-20(26)17(11-23)21-24-18-5-3-4-6-19(18)25-21/h3-10,14,26H,12-13H2,1-2H3,(H,24,25)/b20-17-. The lowest BCUT2D eigenvalue weighted by Crippen LogP contribution is -2.09. The highest BCUT2D eigenvalue weighted by Gasteiger charge is 2.15. The summed E-state index contributed by atoms with van der Waals surface area (Å²) in [6.07, 6.45) is 0.121. The van der Waals surface area contributed by atoms with E-state index in [9.17, 15) is 15.2 Å². The second-order valence-corrected chi connectivity index (χ2v) is 6.67. The molecule has 0 radical (unpaired) electrons. The molecule has 0 bridgehead atoms. The Kier molecular flexibility index (Phi) is 6.27.